The zero-order chi connectivity index (χ0) is 67.0. The number of aromatic carboxylic acids is 2. The van der Waals surface area contributed by atoms with Gasteiger partial charge in [0.15, 0.2) is 22.9 Å². The summed E-state index contributed by atoms with van der Waals surface area (Å²) in [5.41, 5.74) is -5.43. The van der Waals surface area contributed by atoms with Crippen LogP contribution in [0.15, 0.2) is 144 Å². The average Bonchev–Trinajstić information content (AvgIpc) is 0.895. The lowest BCUT2D eigenvalue weighted by Crippen LogP contribution is -2.06. The van der Waals surface area contributed by atoms with E-state index in [4.69, 9.17) is 17.3 Å². The fraction of sp³-hybridized carbons (Fsp3) is 0.0222. The summed E-state index contributed by atoms with van der Waals surface area (Å²) in [5, 5.41) is 85.7. The Balaban J connectivity index is 1.23. The molecule has 0 fully saturated rings. The zero-order valence-electron chi connectivity index (χ0n) is 43.4. The number of carboxylic acids is 2. The van der Waals surface area contributed by atoms with E-state index in [0.29, 0.717) is 41.2 Å². The number of nitro benzene ring substituents is 1. The monoisotopic (exact) mass is 1380 g/mol. The van der Waals surface area contributed by atoms with Gasteiger partial charge < -0.3 is 31.3 Å². The molecule has 0 saturated heterocycles. The van der Waals surface area contributed by atoms with Crippen LogP contribution >= 0.6 is 11.6 Å². The number of aryl methyl sites for hydroxylation is 1. The van der Waals surface area contributed by atoms with Gasteiger partial charge in [0, 0.05) is 40.1 Å². The highest BCUT2D eigenvalue weighted by Gasteiger charge is 2.32. The van der Waals surface area contributed by atoms with E-state index in [1.165, 1.54) is 6.92 Å². The van der Waals surface area contributed by atoms with Crippen molar-refractivity contribution in [1.82, 2.24) is 9.78 Å². The molecule has 8 aromatic rings. The first kappa shape index (κ1) is 66.0. The summed E-state index contributed by atoms with van der Waals surface area (Å²) < 4.78 is 213. The van der Waals surface area contributed by atoms with Gasteiger partial charge in [0.2, 0.25) is 5.88 Å². The Morgan fingerprint density at radius 3 is 1.70 bits per heavy atom. The zero-order valence-corrected chi connectivity index (χ0v) is 49.1. The molecule has 1 aromatic heterocycles. The van der Waals surface area contributed by atoms with Crippen LogP contribution in [0.2, 0.25) is 5.02 Å². The molecule has 0 radical (unpaired) electrons. The lowest BCUT2D eigenvalue weighted by molar-refractivity contribution is -0.384. The molecule has 0 spiro atoms. The molecule has 7 aromatic carbocycles. The summed E-state index contributed by atoms with van der Waals surface area (Å²) in [7, 11) is -33.1. The van der Waals surface area contributed by atoms with Crippen molar-refractivity contribution >= 4 is 163 Å². The number of halogens is 1. The molecule has 0 aliphatic heterocycles. The van der Waals surface area contributed by atoms with E-state index in [1.807, 2.05) is 0 Å². The second-order valence-electron chi connectivity index (χ2n) is 17.9. The number of azo groups is 3. The summed E-state index contributed by atoms with van der Waals surface area (Å²) >= 11 is 6.21. The summed E-state index contributed by atoms with van der Waals surface area (Å²) in [6.45, 7) is 1.24. The number of benzene rings is 7. The number of nitro groups is 1. The number of hydrogen-bond donors (Lipinski definition) is 12. The van der Waals surface area contributed by atoms with Crippen molar-refractivity contribution in [3.63, 3.8) is 0 Å². The second kappa shape index (κ2) is 23.2. The van der Waals surface area contributed by atoms with Crippen LogP contribution in [-0.4, -0.2) is 136 Å². The van der Waals surface area contributed by atoms with E-state index in [2.05, 4.69) is 40.8 Å². The number of carboxylic acid groups (broad SMARTS) is 2. The molecule has 0 unspecified atom stereocenters. The number of nitrogens with two attached hydrogens (primary N) is 1. The topological polar surface area (TPSA) is 635 Å². The number of anilines is 1. The molecule has 0 amide bonds. The fourth-order valence-electron chi connectivity index (χ4n) is 8.33. The van der Waals surface area contributed by atoms with E-state index in [1.54, 1.807) is 0 Å². The van der Waals surface area contributed by atoms with Crippen molar-refractivity contribution in [2.45, 2.75) is 36.3 Å². The van der Waals surface area contributed by atoms with Crippen molar-refractivity contribution in [3.05, 3.63) is 116 Å². The molecule has 0 atom stereocenters. The standard InChI is InChI=1S/C45H30ClN11O27S6/c1-16-8-20(85(67,68)69)11-25(46)39(16)56-43(60)37(38(55-56)45(63)64)48-15-17-2-3-18(9-29(17)86(70,71)72)49-53-35-31(88(76,77)78)12-23-21(40(35)58)6-7-26(42(23)90(82,83)84)50-52-28-14-30(87(73,74)75)24-13-32(89(79,80)81)36(41(59)33(24)34(28)47)54-51-27-10-19(57(65)66)4-5-22(27)44(61)62/h2-15,58-60H,47H2,1H3,(H,61,62)(H,63,64)(H,67,68,69)(H,70,71,72)(H,73,74,75)(H,76,77,78)(H,79,80,81)(H,82,83,84). The Bertz CT molecular complexity index is 5410. The Hall–Kier alpha value is -9.97. The number of fused-ring (bicyclic) bond motifs is 2. The Labute approximate surface area is 505 Å². The molecule has 0 aliphatic carbocycles. The normalized spacial score (nSPS) is 13.0. The van der Waals surface area contributed by atoms with Crippen molar-refractivity contribution in [1.29, 1.82) is 0 Å². The van der Waals surface area contributed by atoms with Gasteiger partial charge in [0.25, 0.3) is 66.4 Å². The number of nitrogen functional groups attached to an aromatic ring is 1. The Morgan fingerprint density at radius 2 is 1.16 bits per heavy atom. The third kappa shape index (κ3) is 13.0. The van der Waals surface area contributed by atoms with Gasteiger partial charge >= 0.3 is 11.9 Å². The quantitative estimate of drug-likeness (QED) is 0.00981. The predicted molar refractivity (Wildman–Crippen MR) is 303 cm³/mol. The summed E-state index contributed by atoms with van der Waals surface area (Å²) in [6, 6.07) is 8.06. The first-order valence-electron chi connectivity index (χ1n) is 23.0. The van der Waals surface area contributed by atoms with Crippen LogP contribution < -0.4 is 5.73 Å². The van der Waals surface area contributed by atoms with Crippen molar-refractivity contribution < 1.29 is 118 Å². The fourth-order valence-corrected chi connectivity index (χ4v) is 12.8. The number of phenolic OH excluding ortho intramolecular Hbond substituents is 2. The SMILES string of the molecule is Cc1cc(S(=O)(=O)O)cc(Cl)c1-n1nc(C(=O)O)c(N=Cc2ccc(N=Nc3c(S(=O)(=O)O)cc4c(S(=O)(=O)O)c(N=Nc5cc(S(=O)(=O)O)c6cc(S(=O)(=O)O)c(N=Nc7cc([N+](=O)[O-])ccc7C(=O)O)c(O)c6c5N)ccc4c3O)cc2S(=O)(=O)O)c1O. The number of phenols is 2. The molecule has 45 heteroatoms. The largest absolute Gasteiger partial charge is 0.505 e. The van der Waals surface area contributed by atoms with Gasteiger partial charge in [-0.25, -0.2) is 14.6 Å². The van der Waals surface area contributed by atoms with Gasteiger partial charge in [-0.1, -0.05) is 11.6 Å². The minimum atomic E-state index is -5.79. The highest BCUT2D eigenvalue weighted by Crippen LogP contribution is 2.50. The number of hydrogen-bond acceptors (Lipinski definition) is 28. The molecule has 8 rings (SSSR count). The highest BCUT2D eigenvalue weighted by molar-refractivity contribution is 7.87. The number of carbonyl (C=O) groups is 2. The van der Waals surface area contributed by atoms with Crippen LogP contribution in [0.4, 0.5) is 51.2 Å². The Kier molecular flexibility index (Phi) is 17.0. The molecular formula is C45H30ClN11O27S6. The maximum absolute atomic E-state index is 13.1. The van der Waals surface area contributed by atoms with E-state index in [0.717, 1.165) is 36.4 Å². The number of rotatable bonds is 18. The van der Waals surface area contributed by atoms with Gasteiger partial charge in [-0.2, -0.15) is 65.4 Å². The number of aliphatic imine (C=N–C) groups is 1. The van der Waals surface area contributed by atoms with Crippen LogP contribution in [0, 0.1) is 17.0 Å². The molecule has 38 nitrogen and oxygen atoms in total. The number of aromatic hydroxyl groups is 3. The van der Waals surface area contributed by atoms with Gasteiger partial charge in [-0.3, -0.25) is 37.4 Å². The maximum atomic E-state index is 13.1. The highest BCUT2D eigenvalue weighted by atomic mass is 35.5. The molecule has 470 valence electrons. The van der Waals surface area contributed by atoms with E-state index in [9.17, 15) is 123 Å². The van der Waals surface area contributed by atoms with Crippen LogP contribution in [0.25, 0.3) is 27.2 Å². The Morgan fingerprint density at radius 1 is 0.589 bits per heavy atom. The molecular weight excluding hydrogens is 1350 g/mol. The van der Waals surface area contributed by atoms with E-state index < -0.39 is 219 Å². The van der Waals surface area contributed by atoms with Gasteiger partial charge in [-0.15, -0.1) is 25.6 Å². The molecule has 90 heavy (non-hydrogen) atoms. The summed E-state index contributed by atoms with van der Waals surface area (Å²) in [6.07, 6.45) is 0.585. The van der Waals surface area contributed by atoms with Gasteiger partial charge in [-0.05, 0) is 79.2 Å². The number of aromatic nitrogens is 2. The predicted octanol–water partition coefficient (Wildman–Crippen LogP) is 7.62. The number of nitrogens with zero attached hydrogens (tertiary/aromatic N) is 10. The second-order valence-corrected chi connectivity index (χ2v) is 26.6. The first-order chi connectivity index (χ1) is 41.4. The van der Waals surface area contributed by atoms with E-state index in [-0.39, 0.29) is 23.4 Å². The average molecular weight is 1380 g/mol. The lowest BCUT2D eigenvalue weighted by Gasteiger charge is -2.15. The third-order valence-corrected chi connectivity index (χ3v) is 17.8. The smallest absolute Gasteiger partial charge is 0.358 e. The van der Waals surface area contributed by atoms with Crippen molar-refractivity contribution in [2.75, 3.05) is 5.73 Å². The van der Waals surface area contributed by atoms with Crippen LogP contribution in [0.5, 0.6) is 17.4 Å². The van der Waals surface area contributed by atoms with Crippen LogP contribution in [0.3, 0.4) is 0 Å². The van der Waals surface area contributed by atoms with Crippen molar-refractivity contribution in [3.8, 4) is 23.1 Å². The minimum Gasteiger partial charge on any atom is -0.505 e. The number of non-ortho nitro benzene ring substituents is 1. The van der Waals surface area contributed by atoms with Crippen molar-refractivity contribution in [2.24, 2.45) is 35.7 Å². The molecule has 0 bridgehead atoms. The van der Waals surface area contributed by atoms with Crippen LogP contribution in [-0.2, 0) is 60.7 Å². The van der Waals surface area contributed by atoms with Crippen LogP contribution in [0.1, 0.15) is 32.0 Å². The third-order valence-electron chi connectivity index (χ3n) is 12.2. The molecule has 0 aliphatic rings. The van der Waals surface area contributed by atoms with E-state index >= 15 is 0 Å². The molecule has 0 saturated carbocycles. The summed E-state index contributed by atoms with van der Waals surface area (Å²) in [4.78, 5) is 30.6. The molecule has 1 heterocycles. The summed E-state index contributed by atoms with van der Waals surface area (Å²) in [5.74, 6) is -7.62. The van der Waals surface area contributed by atoms with Gasteiger partial charge in [0.05, 0.1) is 42.9 Å². The van der Waals surface area contributed by atoms with Gasteiger partial charge in [0.1, 0.15) is 52.9 Å². The lowest BCUT2D eigenvalue weighted by atomic mass is 10.0. The molecule has 13 N–H and O–H groups in total. The minimum absolute atomic E-state index is 0.0907. The maximum Gasteiger partial charge on any atom is 0.358 e. The first-order valence-corrected chi connectivity index (χ1v) is 32.0.